The first-order valence-corrected chi connectivity index (χ1v) is 7.31. The molecule has 0 unspecified atom stereocenters. The maximum atomic E-state index is 12.0. The first-order valence-electron chi connectivity index (χ1n) is 7.31. The van der Waals surface area contributed by atoms with Crippen LogP contribution in [0.3, 0.4) is 0 Å². The molecule has 2 rings (SSSR count). The fraction of sp³-hybridized carbons (Fsp3) is 0.562. The van der Waals surface area contributed by atoms with Gasteiger partial charge in [-0.2, -0.15) is 0 Å². The van der Waals surface area contributed by atoms with Crippen molar-refractivity contribution in [1.29, 1.82) is 0 Å². The number of benzene rings is 1. The van der Waals surface area contributed by atoms with Crippen LogP contribution in [0, 0.1) is 5.92 Å². The van der Waals surface area contributed by atoms with Crippen LogP contribution in [0.25, 0.3) is 0 Å². The van der Waals surface area contributed by atoms with Crippen LogP contribution < -0.4 is 9.47 Å². The molecule has 0 aliphatic carbocycles. The highest BCUT2D eigenvalue weighted by Gasteiger charge is 2.45. The van der Waals surface area contributed by atoms with Crippen LogP contribution >= 0.6 is 0 Å². The quantitative estimate of drug-likeness (QED) is 0.867. The largest absolute Gasteiger partial charge is 0.490 e. The lowest BCUT2D eigenvalue weighted by Gasteiger charge is -2.48. The lowest BCUT2D eigenvalue weighted by Crippen LogP contribution is -2.66. The number of para-hydroxylation sites is 2. The van der Waals surface area contributed by atoms with E-state index in [4.69, 9.17) is 9.47 Å². The fourth-order valence-corrected chi connectivity index (χ4v) is 2.23. The van der Waals surface area contributed by atoms with Crippen molar-refractivity contribution in [2.75, 3.05) is 26.3 Å². The van der Waals surface area contributed by atoms with Crippen molar-refractivity contribution in [3.8, 4) is 11.5 Å². The lowest BCUT2D eigenvalue weighted by molar-refractivity contribution is -0.165. The summed E-state index contributed by atoms with van der Waals surface area (Å²) >= 11 is 0. The summed E-state index contributed by atoms with van der Waals surface area (Å²) in [5.41, 5.74) is -0.751. The second-order valence-electron chi connectivity index (χ2n) is 5.68. The van der Waals surface area contributed by atoms with Crippen LogP contribution in [0.5, 0.6) is 11.5 Å². The smallest absolute Gasteiger partial charge is 0.260 e. The average molecular weight is 293 g/mol. The zero-order chi connectivity index (χ0) is 15.5. The van der Waals surface area contributed by atoms with Gasteiger partial charge in [0, 0.05) is 0 Å². The number of aliphatic hydroxyl groups is 1. The molecule has 0 radical (unpaired) electrons. The van der Waals surface area contributed by atoms with Gasteiger partial charge in [-0.15, -0.1) is 0 Å². The van der Waals surface area contributed by atoms with Gasteiger partial charge in [-0.05, 0) is 25.0 Å². The number of ether oxygens (including phenoxy) is 2. The Kier molecular flexibility index (Phi) is 4.73. The number of amides is 1. The topological polar surface area (TPSA) is 59.0 Å². The van der Waals surface area contributed by atoms with E-state index in [1.165, 1.54) is 0 Å². The van der Waals surface area contributed by atoms with E-state index in [-0.39, 0.29) is 18.4 Å². The Balaban J connectivity index is 1.86. The SMILES string of the molecule is CCOc1ccccc1OCC(=O)N1CC(O)(C(C)C)C1. The van der Waals surface area contributed by atoms with Gasteiger partial charge in [-0.3, -0.25) is 4.79 Å². The Labute approximate surface area is 125 Å². The molecule has 21 heavy (non-hydrogen) atoms. The maximum absolute atomic E-state index is 12.0. The third-order valence-corrected chi connectivity index (χ3v) is 3.86. The van der Waals surface area contributed by atoms with Crippen molar-refractivity contribution in [3.63, 3.8) is 0 Å². The molecule has 116 valence electrons. The highest BCUT2D eigenvalue weighted by Crippen LogP contribution is 2.29. The molecule has 0 saturated carbocycles. The van der Waals surface area contributed by atoms with Gasteiger partial charge in [0.2, 0.25) is 0 Å². The number of rotatable bonds is 6. The van der Waals surface area contributed by atoms with Crippen LogP contribution in [0.2, 0.25) is 0 Å². The van der Waals surface area contributed by atoms with Gasteiger partial charge in [0.25, 0.3) is 5.91 Å². The van der Waals surface area contributed by atoms with Gasteiger partial charge in [0.15, 0.2) is 18.1 Å². The Morgan fingerprint density at radius 3 is 2.38 bits per heavy atom. The molecular formula is C16H23NO4. The minimum atomic E-state index is -0.751. The summed E-state index contributed by atoms with van der Waals surface area (Å²) in [4.78, 5) is 13.6. The van der Waals surface area contributed by atoms with E-state index in [1.54, 1.807) is 11.0 Å². The predicted molar refractivity (Wildman–Crippen MR) is 79.5 cm³/mol. The van der Waals surface area contributed by atoms with E-state index in [2.05, 4.69) is 0 Å². The van der Waals surface area contributed by atoms with Crippen molar-refractivity contribution in [1.82, 2.24) is 4.90 Å². The molecule has 1 heterocycles. The van der Waals surface area contributed by atoms with Crippen molar-refractivity contribution in [2.24, 2.45) is 5.92 Å². The van der Waals surface area contributed by atoms with E-state index in [9.17, 15) is 9.90 Å². The van der Waals surface area contributed by atoms with Gasteiger partial charge in [-0.1, -0.05) is 26.0 Å². The molecule has 1 aromatic rings. The molecule has 0 bridgehead atoms. The summed E-state index contributed by atoms with van der Waals surface area (Å²) in [6.07, 6.45) is 0. The molecule has 1 aliphatic rings. The predicted octanol–water partition coefficient (Wildman–Crippen LogP) is 1.69. The summed E-state index contributed by atoms with van der Waals surface area (Å²) in [6, 6.07) is 7.28. The zero-order valence-corrected chi connectivity index (χ0v) is 12.8. The van der Waals surface area contributed by atoms with Crippen LogP contribution in [0.4, 0.5) is 0 Å². The maximum Gasteiger partial charge on any atom is 0.260 e. The number of carbonyl (C=O) groups excluding carboxylic acids is 1. The summed E-state index contributed by atoms with van der Waals surface area (Å²) in [7, 11) is 0. The number of nitrogens with zero attached hydrogens (tertiary/aromatic N) is 1. The van der Waals surface area contributed by atoms with Crippen LogP contribution in [0.15, 0.2) is 24.3 Å². The van der Waals surface area contributed by atoms with E-state index in [0.717, 1.165) is 0 Å². The van der Waals surface area contributed by atoms with Gasteiger partial charge < -0.3 is 19.5 Å². The Morgan fingerprint density at radius 2 is 1.86 bits per heavy atom. The van der Waals surface area contributed by atoms with Crippen LogP contribution in [0.1, 0.15) is 20.8 Å². The van der Waals surface area contributed by atoms with Crippen molar-refractivity contribution in [3.05, 3.63) is 24.3 Å². The standard InChI is InChI=1S/C16H23NO4/c1-4-20-13-7-5-6-8-14(13)21-9-15(18)17-10-16(19,11-17)12(2)3/h5-8,12,19H,4,9-11H2,1-3H3. The molecule has 1 amide bonds. The Morgan fingerprint density at radius 1 is 1.29 bits per heavy atom. The fourth-order valence-electron chi connectivity index (χ4n) is 2.23. The van der Waals surface area contributed by atoms with Gasteiger partial charge in [0.05, 0.1) is 19.7 Å². The van der Waals surface area contributed by atoms with E-state index in [0.29, 0.717) is 31.2 Å². The van der Waals surface area contributed by atoms with Crippen LogP contribution in [-0.2, 0) is 4.79 Å². The Bertz CT molecular complexity index is 495. The number of likely N-dealkylation sites (tertiary alicyclic amines) is 1. The summed E-state index contributed by atoms with van der Waals surface area (Å²) < 4.78 is 11.0. The van der Waals surface area contributed by atoms with E-state index < -0.39 is 5.60 Å². The molecule has 1 saturated heterocycles. The first kappa shape index (κ1) is 15.6. The minimum Gasteiger partial charge on any atom is -0.490 e. The Hall–Kier alpha value is -1.75. The van der Waals surface area contributed by atoms with Crippen molar-refractivity contribution in [2.45, 2.75) is 26.4 Å². The second-order valence-corrected chi connectivity index (χ2v) is 5.68. The number of hydrogen-bond acceptors (Lipinski definition) is 4. The molecule has 0 atom stereocenters. The highest BCUT2D eigenvalue weighted by atomic mass is 16.5. The molecule has 1 N–H and O–H groups in total. The molecule has 0 aromatic heterocycles. The second kappa shape index (κ2) is 6.35. The highest BCUT2D eigenvalue weighted by molar-refractivity contribution is 5.79. The van der Waals surface area contributed by atoms with Crippen molar-refractivity contribution < 1.29 is 19.4 Å². The van der Waals surface area contributed by atoms with Crippen molar-refractivity contribution >= 4 is 5.91 Å². The molecule has 1 fully saturated rings. The van der Waals surface area contributed by atoms with Gasteiger partial charge in [0.1, 0.15) is 5.60 Å². The van der Waals surface area contributed by atoms with Crippen LogP contribution in [-0.4, -0.2) is 47.8 Å². The molecular weight excluding hydrogens is 270 g/mol. The molecule has 5 nitrogen and oxygen atoms in total. The monoisotopic (exact) mass is 293 g/mol. The lowest BCUT2D eigenvalue weighted by atomic mass is 9.83. The summed E-state index contributed by atoms with van der Waals surface area (Å²) in [6.45, 7) is 7.06. The number of β-amino-alcohol motifs (C(OH)–C–C–N with tert-alkyl or cyclic N) is 1. The molecule has 5 heteroatoms. The van der Waals surface area contributed by atoms with Gasteiger partial charge >= 0.3 is 0 Å². The molecule has 1 aliphatic heterocycles. The summed E-state index contributed by atoms with van der Waals surface area (Å²) in [5, 5.41) is 10.2. The number of hydrogen-bond donors (Lipinski definition) is 1. The summed E-state index contributed by atoms with van der Waals surface area (Å²) in [5.74, 6) is 1.22. The normalized spacial score (nSPS) is 16.5. The zero-order valence-electron chi connectivity index (χ0n) is 12.8. The minimum absolute atomic E-state index is 0.0434. The van der Waals surface area contributed by atoms with E-state index in [1.807, 2.05) is 39.0 Å². The van der Waals surface area contributed by atoms with E-state index >= 15 is 0 Å². The first-order chi connectivity index (χ1) is 9.96. The third-order valence-electron chi connectivity index (χ3n) is 3.86. The third kappa shape index (κ3) is 3.47. The average Bonchev–Trinajstić information content (AvgIpc) is 2.42. The number of carbonyl (C=O) groups is 1. The van der Waals surface area contributed by atoms with Gasteiger partial charge in [-0.25, -0.2) is 0 Å². The molecule has 1 aromatic carbocycles. The molecule has 0 spiro atoms.